The molecule has 176 valence electrons. The second-order valence-electron chi connectivity index (χ2n) is 6.90. The molecule has 3 rings (SSSR count). The van der Waals surface area contributed by atoms with Crippen molar-refractivity contribution in [3.05, 3.63) is 92.1 Å². The van der Waals surface area contributed by atoms with Gasteiger partial charge in [0.05, 0.1) is 12.2 Å². The molecular formula is C22H20Cl2F3N3O3. The highest BCUT2D eigenvalue weighted by Gasteiger charge is 2.17. The van der Waals surface area contributed by atoms with E-state index in [4.69, 9.17) is 22.1 Å². The van der Waals surface area contributed by atoms with E-state index in [-0.39, 0.29) is 60.0 Å². The van der Waals surface area contributed by atoms with Crippen molar-refractivity contribution in [1.29, 1.82) is 0 Å². The molecule has 0 unspecified atom stereocenters. The van der Waals surface area contributed by atoms with E-state index in [2.05, 4.69) is 5.32 Å². The zero-order valence-corrected chi connectivity index (χ0v) is 18.9. The molecular weight excluding hydrogens is 482 g/mol. The minimum absolute atomic E-state index is 0. The van der Waals surface area contributed by atoms with E-state index in [1.165, 1.54) is 30.3 Å². The molecule has 0 fully saturated rings. The van der Waals surface area contributed by atoms with Crippen LogP contribution in [0.5, 0.6) is 5.75 Å². The first-order chi connectivity index (χ1) is 15.2. The minimum atomic E-state index is -0.799. The molecule has 0 saturated carbocycles. The maximum Gasteiger partial charge on any atom is 0.277 e. The normalized spacial score (nSPS) is 10.5. The van der Waals surface area contributed by atoms with Crippen LogP contribution in [0.15, 0.2) is 47.3 Å². The predicted octanol–water partition coefficient (Wildman–Crippen LogP) is 3.79. The van der Waals surface area contributed by atoms with Crippen molar-refractivity contribution in [1.82, 2.24) is 9.88 Å². The van der Waals surface area contributed by atoms with Crippen LogP contribution in [-0.4, -0.2) is 17.0 Å². The fourth-order valence-corrected chi connectivity index (χ4v) is 3.19. The standard InChI is InChI=1S/C22H19ClF3N3O3.ClH/c1-12-6-19(32-11-14-3-4-15(24)8-17(14)26)21(23)22(31)29(12)18-7-13(2-5-16(18)25)10-28-20(30)9-27;/h2-8H,9-11,27H2,1H3,(H,28,30);1H. The number of nitrogens with one attached hydrogen (secondary N) is 1. The lowest BCUT2D eigenvalue weighted by Gasteiger charge is -2.16. The summed E-state index contributed by atoms with van der Waals surface area (Å²) in [5.41, 5.74) is 5.35. The SMILES string of the molecule is Cc1cc(OCc2ccc(F)cc2F)c(Cl)c(=O)n1-c1cc(CNC(=O)CN)ccc1F.Cl. The van der Waals surface area contributed by atoms with Gasteiger partial charge in [0, 0.05) is 29.9 Å². The number of nitrogens with two attached hydrogens (primary N) is 1. The zero-order valence-electron chi connectivity index (χ0n) is 17.3. The van der Waals surface area contributed by atoms with E-state index in [9.17, 15) is 22.8 Å². The summed E-state index contributed by atoms with van der Waals surface area (Å²) in [6.45, 7) is 1.16. The van der Waals surface area contributed by atoms with E-state index < -0.39 is 23.0 Å². The molecule has 33 heavy (non-hydrogen) atoms. The second kappa shape index (κ2) is 11.2. The number of halogens is 5. The van der Waals surface area contributed by atoms with Crippen LogP contribution in [0.25, 0.3) is 5.69 Å². The molecule has 0 spiro atoms. The first-order valence-electron chi connectivity index (χ1n) is 9.45. The molecule has 0 bridgehead atoms. The van der Waals surface area contributed by atoms with Crippen molar-refractivity contribution < 1.29 is 22.7 Å². The Morgan fingerprint density at radius 1 is 1.12 bits per heavy atom. The average Bonchev–Trinajstić information content (AvgIpc) is 2.76. The van der Waals surface area contributed by atoms with Gasteiger partial charge >= 0.3 is 0 Å². The van der Waals surface area contributed by atoms with E-state index in [0.29, 0.717) is 11.3 Å². The Morgan fingerprint density at radius 3 is 2.52 bits per heavy atom. The fraction of sp³-hybridized carbons (Fsp3) is 0.182. The molecule has 0 atom stereocenters. The number of aryl methyl sites for hydroxylation is 1. The van der Waals surface area contributed by atoms with E-state index in [1.807, 2.05) is 0 Å². The van der Waals surface area contributed by atoms with E-state index in [0.717, 1.165) is 16.7 Å². The van der Waals surface area contributed by atoms with Crippen LogP contribution in [0.2, 0.25) is 5.02 Å². The monoisotopic (exact) mass is 501 g/mol. The van der Waals surface area contributed by atoms with Gasteiger partial charge in [-0.05, 0) is 36.8 Å². The van der Waals surface area contributed by atoms with Crippen molar-refractivity contribution >= 4 is 29.9 Å². The number of aromatic nitrogens is 1. The summed E-state index contributed by atoms with van der Waals surface area (Å²) >= 11 is 6.16. The number of hydrogen-bond acceptors (Lipinski definition) is 4. The number of benzene rings is 2. The van der Waals surface area contributed by atoms with Crippen LogP contribution >= 0.6 is 24.0 Å². The minimum Gasteiger partial charge on any atom is -0.487 e. The molecule has 0 aliphatic carbocycles. The van der Waals surface area contributed by atoms with Gasteiger partial charge in [-0.2, -0.15) is 0 Å². The zero-order chi connectivity index (χ0) is 23.4. The Bertz CT molecular complexity index is 1240. The highest BCUT2D eigenvalue weighted by Crippen LogP contribution is 2.26. The van der Waals surface area contributed by atoms with Gasteiger partial charge in [-0.15, -0.1) is 12.4 Å². The fourth-order valence-electron chi connectivity index (χ4n) is 2.99. The molecule has 0 radical (unpaired) electrons. The molecule has 0 saturated heterocycles. The topological polar surface area (TPSA) is 86.3 Å². The molecule has 0 aliphatic rings. The first-order valence-corrected chi connectivity index (χ1v) is 9.83. The molecule has 0 aliphatic heterocycles. The number of pyridine rings is 1. The number of ether oxygens (including phenoxy) is 1. The van der Waals surface area contributed by atoms with Gasteiger partial charge in [0.15, 0.2) is 0 Å². The summed E-state index contributed by atoms with van der Waals surface area (Å²) in [5, 5.41) is 2.23. The lowest BCUT2D eigenvalue weighted by molar-refractivity contribution is -0.119. The van der Waals surface area contributed by atoms with Crippen LogP contribution in [0.4, 0.5) is 13.2 Å². The predicted molar refractivity (Wildman–Crippen MR) is 121 cm³/mol. The second-order valence-corrected chi connectivity index (χ2v) is 7.27. The van der Waals surface area contributed by atoms with Crippen LogP contribution in [-0.2, 0) is 17.9 Å². The Balaban J connectivity index is 0.00000385. The number of nitrogens with zero attached hydrogens (tertiary/aromatic N) is 1. The summed E-state index contributed by atoms with van der Waals surface area (Å²) in [4.78, 5) is 24.2. The summed E-state index contributed by atoms with van der Waals surface area (Å²) in [6.07, 6.45) is 0. The lowest BCUT2D eigenvalue weighted by Crippen LogP contribution is -2.29. The molecule has 3 aromatic rings. The van der Waals surface area contributed by atoms with Crippen molar-refractivity contribution in [2.45, 2.75) is 20.1 Å². The third kappa shape index (κ3) is 6.07. The van der Waals surface area contributed by atoms with Crippen molar-refractivity contribution in [3.8, 4) is 11.4 Å². The number of rotatable bonds is 7. The van der Waals surface area contributed by atoms with Crippen LogP contribution in [0, 0.1) is 24.4 Å². The van der Waals surface area contributed by atoms with Gasteiger partial charge in [-0.25, -0.2) is 13.2 Å². The number of amides is 1. The van der Waals surface area contributed by atoms with Crippen molar-refractivity contribution in [2.75, 3.05) is 6.54 Å². The Hall–Kier alpha value is -3.01. The van der Waals surface area contributed by atoms with Gasteiger partial charge in [-0.3, -0.25) is 14.2 Å². The molecule has 2 aromatic carbocycles. The van der Waals surface area contributed by atoms with Crippen molar-refractivity contribution in [3.63, 3.8) is 0 Å². The quantitative estimate of drug-likeness (QED) is 0.515. The largest absolute Gasteiger partial charge is 0.487 e. The summed E-state index contributed by atoms with van der Waals surface area (Å²) in [5.74, 6) is -2.61. The maximum absolute atomic E-state index is 14.5. The summed E-state index contributed by atoms with van der Waals surface area (Å²) < 4.78 is 48.0. The number of carbonyl (C=O) groups is 1. The van der Waals surface area contributed by atoms with Crippen LogP contribution in [0.1, 0.15) is 16.8 Å². The van der Waals surface area contributed by atoms with Crippen molar-refractivity contribution in [2.24, 2.45) is 5.73 Å². The van der Waals surface area contributed by atoms with Crippen LogP contribution < -0.4 is 21.3 Å². The molecule has 6 nitrogen and oxygen atoms in total. The summed E-state index contributed by atoms with van der Waals surface area (Å²) in [6, 6.07) is 8.47. The number of hydrogen-bond donors (Lipinski definition) is 2. The first kappa shape index (κ1) is 26.2. The van der Waals surface area contributed by atoms with Gasteiger partial charge in [-0.1, -0.05) is 17.7 Å². The smallest absolute Gasteiger partial charge is 0.277 e. The van der Waals surface area contributed by atoms with Gasteiger partial charge < -0.3 is 15.8 Å². The Labute approximate surface area is 198 Å². The molecule has 1 heterocycles. The van der Waals surface area contributed by atoms with E-state index in [1.54, 1.807) is 6.92 Å². The summed E-state index contributed by atoms with van der Waals surface area (Å²) in [7, 11) is 0. The van der Waals surface area contributed by atoms with Gasteiger partial charge in [0.2, 0.25) is 5.91 Å². The molecule has 11 heteroatoms. The lowest BCUT2D eigenvalue weighted by atomic mass is 10.1. The molecule has 1 aromatic heterocycles. The van der Waals surface area contributed by atoms with Gasteiger partial charge in [0.25, 0.3) is 5.56 Å². The van der Waals surface area contributed by atoms with E-state index >= 15 is 0 Å². The Kier molecular flexibility index (Phi) is 8.92. The average molecular weight is 502 g/mol. The highest BCUT2D eigenvalue weighted by atomic mass is 35.5. The number of carbonyl (C=O) groups excluding carboxylic acids is 1. The molecule has 1 amide bonds. The Morgan fingerprint density at radius 2 is 1.85 bits per heavy atom. The van der Waals surface area contributed by atoms with Gasteiger partial charge in [0.1, 0.15) is 34.8 Å². The third-order valence-corrected chi connectivity index (χ3v) is 4.97. The van der Waals surface area contributed by atoms with Crippen LogP contribution in [0.3, 0.4) is 0 Å². The molecule has 3 N–H and O–H groups in total. The highest BCUT2D eigenvalue weighted by molar-refractivity contribution is 6.31. The maximum atomic E-state index is 14.5. The third-order valence-electron chi connectivity index (χ3n) is 4.62.